The van der Waals surface area contributed by atoms with Crippen LogP contribution in [0, 0.1) is 5.92 Å². The van der Waals surface area contributed by atoms with E-state index in [9.17, 15) is 4.79 Å². The molecule has 3 aromatic rings. The fraction of sp³-hybridized carbons (Fsp3) is 0.438. The van der Waals surface area contributed by atoms with E-state index < -0.39 is 0 Å². The van der Waals surface area contributed by atoms with Gasteiger partial charge in [-0.05, 0) is 44.0 Å². The van der Waals surface area contributed by atoms with Gasteiger partial charge in [0, 0.05) is 0 Å². The van der Waals surface area contributed by atoms with Gasteiger partial charge in [-0.25, -0.2) is 9.97 Å². The second-order valence-corrected chi connectivity index (χ2v) is 8.46. The molecule has 3 heterocycles. The highest BCUT2D eigenvalue weighted by molar-refractivity contribution is 7.24. The number of hydrogen-bond acceptors (Lipinski definition) is 7. The van der Waals surface area contributed by atoms with Gasteiger partial charge in [0.15, 0.2) is 10.3 Å². The molecular weight excluding hydrogens is 342 g/mol. The zero-order chi connectivity index (χ0) is 16.7. The fourth-order valence-electron chi connectivity index (χ4n) is 3.00. The van der Waals surface area contributed by atoms with Gasteiger partial charge < -0.3 is 11.1 Å². The smallest absolute Gasteiger partial charge is 0.240 e. The molecule has 1 saturated heterocycles. The highest BCUT2D eigenvalue weighted by Crippen LogP contribution is 2.33. The first-order valence-corrected chi connectivity index (χ1v) is 9.69. The largest absolute Gasteiger partial charge is 0.375 e. The number of likely N-dealkylation sites (tertiary alicyclic amines) is 1. The third-order valence-corrected chi connectivity index (χ3v) is 6.19. The summed E-state index contributed by atoms with van der Waals surface area (Å²) in [5.41, 5.74) is 7.45. The molecule has 1 aliphatic rings. The van der Waals surface area contributed by atoms with E-state index >= 15 is 0 Å². The van der Waals surface area contributed by atoms with Crippen LogP contribution in [0.5, 0.6) is 0 Å². The number of rotatable bonds is 3. The molecule has 0 spiro atoms. The summed E-state index contributed by atoms with van der Waals surface area (Å²) in [4.78, 5) is 23.3. The molecule has 8 heteroatoms. The average Bonchev–Trinajstić information content (AvgIpc) is 3.07. The first-order chi connectivity index (χ1) is 11.6. The van der Waals surface area contributed by atoms with Gasteiger partial charge in [-0.2, -0.15) is 0 Å². The lowest BCUT2D eigenvalue weighted by Gasteiger charge is -2.29. The monoisotopic (exact) mass is 361 g/mol. The predicted octanol–water partition coefficient (Wildman–Crippen LogP) is 3.16. The van der Waals surface area contributed by atoms with Crippen molar-refractivity contribution in [3.8, 4) is 0 Å². The van der Waals surface area contributed by atoms with Crippen molar-refractivity contribution in [2.75, 3.05) is 30.7 Å². The highest BCUT2D eigenvalue weighted by atomic mass is 32.1. The van der Waals surface area contributed by atoms with E-state index in [0.717, 1.165) is 39.4 Å². The normalized spacial score (nSPS) is 16.9. The molecule has 24 heavy (non-hydrogen) atoms. The second kappa shape index (κ2) is 6.27. The summed E-state index contributed by atoms with van der Waals surface area (Å²) in [6.07, 6.45) is 2.34. The van der Waals surface area contributed by atoms with Crippen LogP contribution < -0.4 is 11.1 Å². The Kier molecular flexibility index (Phi) is 4.11. The van der Waals surface area contributed by atoms with Crippen LogP contribution in [0.3, 0.4) is 0 Å². The Balaban J connectivity index is 1.46. The van der Waals surface area contributed by atoms with Crippen molar-refractivity contribution in [3.63, 3.8) is 0 Å². The third kappa shape index (κ3) is 3.22. The first-order valence-electron chi connectivity index (χ1n) is 8.05. The SMILES string of the molecule is CC1CCN(CC(=O)Nc2nc3cc4nc(N)sc4cc3s2)CC1. The van der Waals surface area contributed by atoms with Crippen LogP contribution in [0.1, 0.15) is 19.8 Å². The summed E-state index contributed by atoms with van der Waals surface area (Å²) in [6.45, 7) is 4.71. The van der Waals surface area contributed by atoms with E-state index in [1.54, 1.807) is 0 Å². The molecule has 2 aromatic heterocycles. The number of fused-ring (bicyclic) bond motifs is 2. The summed E-state index contributed by atoms with van der Waals surface area (Å²) in [6, 6.07) is 3.97. The molecule has 1 aromatic carbocycles. The average molecular weight is 361 g/mol. The summed E-state index contributed by atoms with van der Waals surface area (Å²) in [7, 11) is 0. The Bertz CT molecular complexity index is 844. The fourth-order valence-corrected chi connectivity index (χ4v) is 4.74. The van der Waals surface area contributed by atoms with Crippen molar-refractivity contribution in [2.45, 2.75) is 19.8 Å². The molecule has 0 saturated carbocycles. The lowest BCUT2D eigenvalue weighted by molar-refractivity contribution is -0.117. The Labute approximate surface area is 147 Å². The number of anilines is 2. The number of aromatic nitrogens is 2. The lowest BCUT2D eigenvalue weighted by Crippen LogP contribution is -2.38. The number of benzene rings is 1. The van der Waals surface area contributed by atoms with E-state index in [2.05, 4.69) is 27.1 Å². The van der Waals surface area contributed by atoms with E-state index in [1.807, 2.05) is 12.1 Å². The van der Waals surface area contributed by atoms with E-state index in [-0.39, 0.29) is 5.91 Å². The number of carbonyl (C=O) groups is 1. The van der Waals surface area contributed by atoms with Crippen LogP contribution in [-0.2, 0) is 4.79 Å². The Morgan fingerprint density at radius 1 is 1.25 bits per heavy atom. The van der Waals surface area contributed by atoms with Gasteiger partial charge in [0.2, 0.25) is 5.91 Å². The number of nitrogens with two attached hydrogens (primary N) is 1. The summed E-state index contributed by atoms with van der Waals surface area (Å²) in [5, 5.41) is 4.14. The van der Waals surface area contributed by atoms with Gasteiger partial charge in [-0.15, -0.1) is 0 Å². The molecule has 1 amide bonds. The summed E-state index contributed by atoms with van der Waals surface area (Å²) < 4.78 is 2.08. The minimum absolute atomic E-state index is 0.00721. The Morgan fingerprint density at radius 2 is 1.96 bits per heavy atom. The van der Waals surface area contributed by atoms with Gasteiger partial charge in [0.1, 0.15) is 0 Å². The maximum Gasteiger partial charge on any atom is 0.240 e. The molecule has 0 radical (unpaired) electrons. The first kappa shape index (κ1) is 15.7. The number of nitrogens with zero attached hydrogens (tertiary/aromatic N) is 3. The van der Waals surface area contributed by atoms with E-state index in [1.165, 1.54) is 35.5 Å². The minimum atomic E-state index is 0.00721. The maximum atomic E-state index is 12.3. The molecule has 1 fully saturated rings. The number of thiazole rings is 2. The van der Waals surface area contributed by atoms with Crippen LogP contribution in [0.2, 0.25) is 0 Å². The molecule has 3 N–H and O–H groups in total. The van der Waals surface area contributed by atoms with Crippen LogP contribution >= 0.6 is 22.7 Å². The number of nitrogens with one attached hydrogen (secondary N) is 1. The number of piperidine rings is 1. The zero-order valence-electron chi connectivity index (χ0n) is 13.4. The molecule has 126 valence electrons. The quantitative estimate of drug-likeness (QED) is 0.748. The van der Waals surface area contributed by atoms with Gasteiger partial charge >= 0.3 is 0 Å². The Morgan fingerprint density at radius 3 is 2.75 bits per heavy atom. The number of amides is 1. The lowest BCUT2D eigenvalue weighted by atomic mass is 9.99. The zero-order valence-corrected chi connectivity index (χ0v) is 15.0. The molecular formula is C16H19N5OS2. The van der Waals surface area contributed by atoms with Crippen LogP contribution in [0.4, 0.5) is 10.3 Å². The highest BCUT2D eigenvalue weighted by Gasteiger charge is 2.18. The molecule has 6 nitrogen and oxygen atoms in total. The molecule has 0 aliphatic carbocycles. The Hall–Kier alpha value is -1.77. The van der Waals surface area contributed by atoms with Crippen molar-refractivity contribution in [1.82, 2.24) is 14.9 Å². The number of hydrogen-bond donors (Lipinski definition) is 2. The molecule has 4 rings (SSSR count). The topological polar surface area (TPSA) is 84.1 Å². The third-order valence-electron chi connectivity index (χ3n) is 4.40. The van der Waals surface area contributed by atoms with Crippen molar-refractivity contribution in [3.05, 3.63) is 12.1 Å². The number of nitrogen functional groups attached to an aromatic ring is 1. The molecule has 0 bridgehead atoms. The van der Waals surface area contributed by atoms with Gasteiger partial charge in [0.05, 0.1) is 27.0 Å². The minimum Gasteiger partial charge on any atom is -0.375 e. The summed E-state index contributed by atoms with van der Waals surface area (Å²) >= 11 is 2.95. The van der Waals surface area contributed by atoms with Gasteiger partial charge in [-0.1, -0.05) is 29.6 Å². The van der Waals surface area contributed by atoms with E-state index in [4.69, 9.17) is 5.73 Å². The second-order valence-electron chi connectivity index (χ2n) is 6.37. The standard InChI is InChI=1S/C16H19N5OS2/c1-9-2-4-21(5-3-9)8-14(22)20-16-19-11-6-10-12(7-13(11)24-16)23-15(17)18-10/h6-7,9H,2-5,8H2,1H3,(H2,17,18)(H,19,20,22). The summed E-state index contributed by atoms with van der Waals surface area (Å²) in [5.74, 6) is 0.776. The predicted molar refractivity (Wildman–Crippen MR) is 101 cm³/mol. The van der Waals surface area contributed by atoms with Crippen molar-refractivity contribution >= 4 is 59.3 Å². The van der Waals surface area contributed by atoms with Crippen LogP contribution in [0.15, 0.2) is 12.1 Å². The number of carbonyl (C=O) groups excluding carboxylic acids is 1. The van der Waals surface area contributed by atoms with Crippen LogP contribution in [-0.4, -0.2) is 40.4 Å². The maximum absolute atomic E-state index is 12.3. The van der Waals surface area contributed by atoms with Crippen molar-refractivity contribution in [1.29, 1.82) is 0 Å². The van der Waals surface area contributed by atoms with Gasteiger partial charge in [0.25, 0.3) is 0 Å². The van der Waals surface area contributed by atoms with Crippen molar-refractivity contribution < 1.29 is 4.79 Å². The van der Waals surface area contributed by atoms with Crippen molar-refractivity contribution in [2.24, 2.45) is 5.92 Å². The van der Waals surface area contributed by atoms with E-state index in [0.29, 0.717) is 16.8 Å². The van der Waals surface area contributed by atoms with Crippen LogP contribution in [0.25, 0.3) is 20.4 Å². The molecule has 1 aliphatic heterocycles. The molecule has 0 atom stereocenters. The molecule has 0 unspecified atom stereocenters. The van der Waals surface area contributed by atoms with Gasteiger partial charge in [-0.3, -0.25) is 9.69 Å².